The molecule has 0 aromatic carbocycles. The summed E-state index contributed by atoms with van der Waals surface area (Å²) in [6.07, 6.45) is 4.80. The summed E-state index contributed by atoms with van der Waals surface area (Å²) in [5.74, 6) is 1.34. The molecule has 3 aromatic rings. The van der Waals surface area contributed by atoms with Crippen LogP contribution in [0.25, 0.3) is 11.0 Å². The second kappa shape index (κ2) is 5.38. The van der Waals surface area contributed by atoms with Crippen LogP contribution in [0.5, 0.6) is 0 Å². The molecule has 2 N–H and O–H groups in total. The monoisotopic (exact) mass is 272 g/mol. The number of nitrogens with one attached hydrogen (secondary N) is 1. The van der Waals surface area contributed by atoms with E-state index in [0.29, 0.717) is 12.2 Å². The summed E-state index contributed by atoms with van der Waals surface area (Å²) in [5.41, 5.74) is 0.793. The van der Waals surface area contributed by atoms with Gasteiger partial charge in [-0.15, -0.1) is 0 Å². The fourth-order valence-corrected chi connectivity index (χ4v) is 2.23. The molecule has 0 saturated carbocycles. The summed E-state index contributed by atoms with van der Waals surface area (Å²) in [4.78, 5) is 4.31. The first kappa shape index (κ1) is 12.7. The van der Waals surface area contributed by atoms with E-state index in [-0.39, 0.29) is 6.04 Å². The van der Waals surface area contributed by atoms with Crippen molar-refractivity contribution >= 4 is 16.8 Å². The summed E-state index contributed by atoms with van der Waals surface area (Å²) >= 11 is 0. The van der Waals surface area contributed by atoms with Crippen LogP contribution in [-0.4, -0.2) is 16.1 Å². The average Bonchev–Trinajstić information content (AvgIpc) is 3.10. The van der Waals surface area contributed by atoms with Crippen LogP contribution in [0.2, 0.25) is 0 Å². The lowest BCUT2D eigenvalue weighted by Gasteiger charge is -2.17. The standard InChI is InChI=1S/C15H16N2O3/c1-10(9-12(18)14-3-2-7-19-14)17-15-11-5-8-20-13(11)4-6-16-15/h2-8,10,12,18H,9H2,1H3,(H,16,17)/t10-,12+/m0/s1. The summed E-state index contributed by atoms with van der Waals surface area (Å²) < 4.78 is 10.5. The molecular formula is C15H16N2O3. The molecule has 0 aliphatic heterocycles. The third kappa shape index (κ3) is 2.53. The van der Waals surface area contributed by atoms with Gasteiger partial charge in [0.2, 0.25) is 0 Å². The number of hydrogen-bond donors (Lipinski definition) is 2. The normalized spacial score (nSPS) is 14.3. The number of fused-ring (bicyclic) bond motifs is 1. The summed E-state index contributed by atoms with van der Waals surface area (Å²) in [7, 11) is 0. The Bertz CT molecular complexity index is 675. The number of rotatable bonds is 5. The van der Waals surface area contributed by atoms with E-state index in [1.165, 1.54) is 0 Å². The lowest BCUT2D eigenvalue weighted by molar-refractivity contribution is 0.136. The predicted octanol–water partition coefficient (Wildman–Crippen LogP) is 3.34. The first-order valence-electron chi connectivity index (χ1n) is 6.54. The molecule has 3 aromatic heterocycles. The molecule has 104 valence electrons. The van der Waals surface area contributed by atoms with Gasteiger partial charge in [-0.1, -0.05) is 0 Å². The Kier molecular flexibility index (Phi) is 3.43. The maximum atomic E-state index is 10.1. The van der Waals surface area contributed by atoms with Crippen molar-refractivity contribution in [3.05, 3.63) is 48.7 Å². The predicted molar refractivity (Wildman–Crippen MR) is 75.4 cm³/mol. The van der Waals surface area contributed by atoms with Crippen molar-refractivity contribution in [3.8, 4) is 0 Å². The Morgan fingerprint density at radius 1 is 1.25 bits per heavy atom. The number of aliphatic hydroxyl groups is 1. The number of furan rings is 2. The zero-order valence-corrected chi connectivity index (χ0v) is 11.1. The first-order valence-corrected chi connectivity index (χ1v) is 6.54. The highest BCUT2D eigenvalue weighted by molar-refractivity contribution is 5.87. The third-order valence-electron chi connectivity index (χ3n) is 3.21. The van der Waals surface area contributed by atoms with Crippen LogP contribution >= 0.6 is 0 Å². The van der Waals surface area contributed by atoms with Gasteiger partial charge in [-0.3, -0.25) is 0 Å². The second-order valence-electron chi connectivity index (χ2n) is 4.80. The third-order valence-corrected chi connectivity index (χ3v) is 3.21. The van der Waals surface area contributed by atoms with Crippen molar-refractivity contribution in [1.82, 2.24) is 4.98 Å². The number of anilines is 1. The number of pyridine rings is 1. The molecule has 5 nitrogen and oxygen atoms in total. The summed E-state index contributed by atoms with van der Waals surface area (Å²) in [5, 5.41) is 14.3. The molecule has 0 aliphatic carbocycles. The topological polar surface area (TPSA) is 71.4 Å². The Hall–Kier alpha value is -2.27. The van der Waals surface area contributed by atoms with Gasteiger partial charge in [0, 0.05) is 18.7 Å². The van der Waals surface area contributed by atoms with E-state index < -0.39 is 6.10 Å². The number of hydrogen-bond acceptors (Lipinski definition) is 5. The average molecular weight is 272 g/mol. The van der Waals surface area contributed by atoms with Gasteiger partial charge < -0.3 is 19.3 Å². The number of aliphatic hydroxyl groups excluding tert-OH is 1. The lowest BCUT2D eigenvalue weighted by Crippen LogP contribution is -2.19. The van der Waals surface area contributed by atoms with E-state index >= 15 is 0 Å². The van der Waals surface area contributed by atoms with Crippen molar-refractivity contribution < 1.29 is 13.9 Å². The second-order valence-corrected chi connectivity index (χ2v) is 4.80. The molecule has 3 rings (SSSR count). The maximum absolute atomic E-state index is 10.1. The van der Waals surface area contributed by atoms with Crippen molar-refractivity contribution in [2.24, 2.45) is 0 Å². The van der Waals surface area contributed by atoms with Crippen LogP contribution in [-0.2, 0) is 0 Å². The molecule has 5 heteroatoms. The van der Waals surface area contributed by atoms with Crippen LogP contribution in [0.3, 0.4) is 0 Å². The Balaban J connectivity index is 1.70. The van der Waals surface area contributed by atoms with E-state index in [1.54, 1.807) is 30.9 Å². The van der Waals surface area contributed by atoms with Crippen LogP contribution in [0.15, 0.2) is 51.8 Å². The summed E-state index contributed by atoms with van der Waals surface area (Å²) in [6.45, 7) is 1.99. The molecule has 0 amide bonds. The highest BCUT2D eigenvalue weighted by atomic mass is 16.4. The van der Waals surface area contributed by atoms with E-state index in [2.05, 4.69) is 10.3 Å². The Morgan fingerprint density at radius 2 is 2.15 bits per heavy atom. The van der Waals surface area contributed by atoms with Gasteiger partial charge in [-0.2, -0.15) is 0 Å². The smallest absolute Gasteiger partial charge is 0.139 e. The van der Waals surface area contributed by atoms with Crippen molar-refractivity contribution in [2.45, 2.75) is 25.5 Å². The van der Waals surface area contributed by atoms with Gasteiger partial charge in [-0.05, 0) is 31.2 Å². The van der Waals surface area contributed by atoms with Gasteiger partial charge in [-0.25, -0.2) is 4.98 Å². The quantitative estimate of drug-likeness (QED) is 0.745. The van der Waals surface area contributed by atoms with E-state index in [4.69, 9.17) is 8.83 Å². The maximum Gasteiger partial charge on any atom is 0.139 e. The van der Waals surface area contributed by atoms with E-state index in [9.17, 15) is 5.11 Å². The molecule has 0 saturated heterocycles. The molecule has 0 fully saturated rings. The van der Waals surface area contributed by atoms with Crippen LogP contribution in [0.1, 0.15) is 25.2 Å². The molecule has 2 atom stereocenters. The molecular weight excluding hydrogens is 256 g/mol. The number of aromatic nitrogens is 1. The van der Waals surface area contributed by atoms with Gasteiger partial charge in [0.05, 0.1) is 17.9 Å². The molecule has 0 radical (unpaired) electrons. The zero-order valence-electron chi connectivity index (χ0n) is 11.1. The summed E-state index contributed by atoms with van der Waals surface area (Å²) in [6, 6.07) is 7.28. The van der Waals surface area contributed by atoms with Crippen molar-refractivity contribution in [1.29, 1.82) is 0 Å². The molecule has 20 heavy (non-hydrogen) atoms. The number of nitrogens with zero attached hydrogens (tertiary/aromatic N) is 1. The molecule has 0 bridgehead atoms. The largest absolute Gasteiger partial charge is 0.467 e. The van der Waals surface area contributed by atoms with Gasteiger partial charge in [0.25, 0.3) is 0 Å². The van der Waals surface area contributed by atoms with Crippen molar-refractivity contribution in [3.63, 3.8) is 0 Å². The first-order chi connectivity index (χ1) is 9.74. The minimum Gasteiger partial charge on any atom is -0.467 e. The van der Waals surface area contributed by atoms with E-state index in [1.807, 2.05) is 19.1 Å². The van der Waals surface area contributed by atoms with Gasteiger partial charge in [0.15, 0.2) is 0 Å². The highest BCUT2D eigenvalue weighted by Gasteiger charge is 2.16. The van der Waals surface area contributed by atoms with Crippen LogP contribution in [0.4, 0.5) is 5.82 Å². The zero-order chi connectivity index (χ0) is 13.9. The molecule has 0 aliphatic rings. The van der Waals surface area contributed by atoms with Crippen LogP contribution in [0, 0.1) is 0 Å². The molecule has 0 spiro atoms. The molecule has 3 heterocycles. The minimum absolute atomic E-state index is 0.0445. The van der Waals surface area contributed by atoms with Gasteiger partial charge in [0.1, 0.15) is 23.3 Å². The highest BCUT2D eigenvalue weighted by Crippen LogP contribution is 2.24. The minimum atomic E-state index is -0.629. The van der Waals surface area contributed by atoms with Crippen LogP contribution < -0.4 is 5.32 Å². The molecule has 0 unspecified atom stereocenters. The van der Waals surface area contributed by atoms with E-state index in [0.717, 1.165) is 16.8 Å². The Labute approximate surface area is 116 Å². The fraction of sp³-hybridized carbons (Fsp3) is 0.267. The fourth-order valence-electron chi connectivity index (χ4n) is 2.23. The Morgan fingerprint density at radius 3 is 2.95 bits per heavy atom. The van der Waals surface area contributed by atoms with Gasteiger partial charge >= 0.3 is 0 Å². The van der Waals surface area contributed by atoms with Crippen molar-refractivity contribution in [2.75, 3.05) is 5.32 Å². The lowest BCUT2D eigenvalue weighted by atomic mass is 10.1. The SMILES string of the molecule is C[C@@H](C[C@@H](O)c1ccco1)Nc1nccc2occc12.